The van der Waals surface area contributed by atoms with Crippen molar-refractivity contribution < 1.29 is 9.59 Å². The SMILES string of the molecule is CC(C)c1ccc(CNC(=O)C(=O)NN)cc1. The predicted octanol–water partition coefficient (Wildman–Crippen LogP) is 0.416. The lowest BCUT2D eigenvalue weighted by Crippen LogP contribution is -2.42. The molecule has 0 radical (unpaired) electrons. The van der Waals surface area contributed by atoms with Crippen LogP contribution in [0, 0.1) is 0 Å². The second kappa shape index (κ2) is 6.00. The summed E-state index contributed by atoms with van der Waals surface area (Å²) in [4.78, 5) is 21.9. The molecule has 0 unspecified atom stereocenters. The first-order valence-corrected chi connectivity index (χ1v) is 5.42. The lowest BCUT2D eigenvalue weighted by atomic mass is 10.0. The summed E-state index contributed by atoms with van der Waals surface area (Å²) in [7, 11) is 0. The lowest BCUT2D eigenvalue weighted by molar-refractivity contribution is -0.139. The third-order valence-electron chi connectivity index (χ3n) is 2.44. The summed E-state index contributed by atoms with van der Waals surface area (Å²) in [6.07, 6.45) is 0. The van der Waals surface area contributed by atoms with Gasteiger partial charge in [-0.3, -0.25) is 15.0 Å². The molecule has 92 valence electrons. The summed E-state index contributed by atoms with van der Waals surface area (Å²) in [6.45, 7) is 4.54. The Morgan fingerprint density at radius 1 is 1.18 bits per heavy atom. The number of carbonyl (C=O) groups excluding carboxylic acids is 2. The van der Waals surface area contributed by atoms with Crippen molar-refractivity contribution >= 4 is 11.8 Å². The molecule has 0 fully saturated rings. The fourth-order valence-corrected chi connectivity index (χ4v) is 1.35. The summed E-state index contributed by atoms with van der Waals surface area (Å²) in [5, 5.41) is 2.47. The second-order valence-corrected chi connectivity index (χ2v) is 4.05. The van der Waals surface area contributed by atoms with Crippen LogP contribution in [0.2, 0.25) is 0 Å². The van der Waals surface area contributed by atoms with Gasteiger partial charge in [-0.15, -0.1) is 0 Å². The van der Waals surface area contributed by atoms with E-state index in [1.165, 1.54) is 5.56 Å². The first-order valence-electron chi connectivity index (χ1n) is 5.42. The van der Waals surface area contributed by atoms with Crippen molar-refractivity contribution in [1.29, 1.82) is 0 Å². The number of hydrazine groups is 1. The van der Waals surface area contributed by atoms with Crippen LogP contribution < -0.4 is 16.6 Å². The zero-order valence-corrected chi connectivity index (χ0v) is 9.99. The van der Waals surface area contributed by atoms with Crippen molar-refractivity contribution in [2.45, 2.75) is 26.3 Å². The van der Waals surface area contributed by atoms with Crippen LogP contribution in [0.15, 0.2) is 24.3 Å². The number of rotatable bonds is 3. The van der Waals surface area contributed by atoms with E-state index < -0.39 is 11.8 Å². The molecular formula is C12H17N3O2. The van der Waals surface area contributed by atoms with E-state index in [2.05, 4.69) is 19.2 Å². The van der Waals surface area contributed by atoms with Gasteiger partial charge in [-0.25, -0.2) is 5.84 Å². The third-order valence-corrected chi connectivity index (χ3v) is 2.44. The number of amides is 2. The molecule has 0 aromatic heterocycles. The van der Waals surface area contributed by atoms with Crippen LogP contribution in [-0.4, -0.2) is 11.8 Å². The minimum Gasteiger partial charge on any atom is -0.344 e. The highest BCUT2D eigenvalue weighted by Crippen LogP contribution is 2.14. The van der Waals surface area contributed by atoms with Gasteiger partial charge in [0.2, 0.25) is 0 Å². The van der Waals surface area contributed by atoms with Crippen molar-refractivity contribution in [3.8, 4) is 0 Å². The van der Waals surface area contributed by atoms with E-state index in [0.717, 1.165) is 5.56 Å². The summed E-state index contributed by atoms with van der Waals surface area (Å²) >= 11 is 0. The van der Waals surface area contributed by atoms with Crippen LogP contribution in [0.4, 0.5) is 0 Å². The molecule has 5 heteroatoms. The summed E-state index contributed by atoms with van der Waals surface area (Å²) in [5.41, 5.74) is 3.95. The Balaban J connectivity index is 2.53. The zero-order valence-electron chi connectivity index (χ0n) is 9.99. The van der Waals surface area contributed by atoms with E-state index in [0.29, 0.717) is 12.5 Å². The smallest absolute Gasteiger partial charge is 0.323 e. The number of hydrogen-bond acceptors (Lipinski definition) is 3. The molecule has 0 aliphatic rings. The van der Waals surface area contributed by atoms with E-state index >= 15 is 0 Å². The predicted molar refractivity (Wildman–Crippen MR) is 64.7 cm³/mol. The first-order chi connectivity index (χ1) is 8.04. The number of nitrogens with two attached hydrogens (primary N) is 1. The summed E-state index contributed by atoms with van der Waals surface area (Å²) in [6, 6.07) is 7.87. The van der Waals surface area contributed by atoms with E-state index in [9.17, 15) is 9.59 Å². The maximum absolute atomic E-state index is 11.1. The zero-order chi connectivity index (χ0) is 12.8. The minimum absolute atomic E-state index is 0.310. The van der Waals surface area contributed by atoms with Crippen LogP contribution in [-0.2, 0) is 16.1 Å². The fraction of sp³-hybridized carbons (Fsp3) is 0.333. The molecule has 1 rings (SSSR count). The number of hydrogen-bond donors (Lipinski definition) is 3. The average Bonchev–Trinajstić information content (AvgIpc) is 2.35. The second-order valence-electron chi connectivity index (χ2n) is 4.05. The number of benzene rings is 1. The molecule has 1 aromatic rings. The van der Waals surface area contributed by atoms with Gasteiger partial charge < -0.3 is 5.32 Å². The molecule has 0 heterocycles. The van der Waals surface area contributed by atoms with Crippen molar-refractivity contribution in [1.82, 2.24) is 10.7 Å². The van der Waals surface area contributed by atoms with Gasteiger partial charge in [-0.1, -0.05) is 38.1 Å². The monoisotopic (exact) mass is 235 g/mol. The van der Waals surface area contributed by atoms with Crippen molar-refractivity contribution in [3.63, 3.8) is 0 Å². The number of nitrogens with one attached hydrogen (secondary N) is 2. The Morgan fingerprint density at radius 2 is 1.76 bits per heavy atom. The Bertz CT molecular complexity index is 399. The molecule has 17 heavy (non-hydrogen) atoms. The molecular weight excluding hydrogens is 218 g/mol. The van der Waals surface area contributed by atoms with Crippen molar-refractivity contribution in [3.05, 3.63) is 35.4 Å². The Morgan fingerprint density at radius 3 is 2.24 bits per heavy atom. The Kier molecular flexibility index (Phi) is 4.66. The van der Waals surface area contributed by atoms with Gasteiger partial charge >= 0.3 is 11.8 Å². The molecule has 0 aliphatic heterocycles. The van der Waals surface area contributed by atoms with Gasteiger partial charge in [0.05, 0.1) is 0 Å². The van der Waals surface area contributed by atoms with Crippen LogP contribution in [0.3, 0.4) is 0 Å². The maximum atomic E-state index is 11.1. The highest BCUT2D eigenvalue weighted by atomic mass is 16.2. The van der Waals surface area contributed by atoms with E-state index in [4.69, 9.17) is 5.84 Å². The van der Waals surface area contributed by atoms with Gasteiger partial charge in [-0.05, 0) is 17.0 Å². The standard InChI is InChI=1S/C12H17N3O2/c1-8(2)10-5-3-9(4-6-10)7-14-11(16)12(17)15-13/h3-6,8H,7,13H2,1-2H3,(H,14,16)(H,15,17). The van der Waals surface area contributed by atoms with Gasteiger partial charge in [0.1, 0.15) is 0 Å². The molecule has 0 aliphatic carbocycles. The third kappa shape index (κ3) is 3.88. The van der Waals surface area contributed by atoms with E-state index in [1.54, 1.807) is 5.43 Å². The van der Waals surface area contributed by atoms with Crippen LogP contribution >= 0.6 is 0 Å². The molecule has 5 nitrogen and oxygen atoms in total. The van der Waals surface area contributed by atoms with Crippen LogP contribution in [0.5, 0.6) is 0 Å². The van der Waals surface area contributed by atoms with Crippen LogP contribution in [0.1, 0.15) is 30.9 Å². The van der Waals surface area contributed by atoms with E-state index in [1.807, 2.05) is 24.3 Å². The molecule has 0 saturated carbocycles. The van der Waals surface area contributed by atoms with E-state index in [-0.39, 0.29) is 0 Å². The summed E-state index contributed by atoms with van der Waals surface area (Å²) in [5.74, 6) is 3.73. The molecule has 0 bridgehead atoms. The van der Waals surface area contributed by atoms with Gasteiger partial charge in [0.25, 0.3) is 0 Å². The van der Waals surface area contributed by atoms with Crippen LogP contribution in [0.25, 0.3) is 0 Å². The van der Waals surface area contributed by atoms with Crippen molar-refractivity contribution in [2.75, 3.05) is 0 Å². The minimum atomic E-state index is -0.844. The highest BCUT2D eigenvalue weighted by Gasteiger charge is 2.10. The highest BCUT2D eigenvalue weighted by molar-refractivity contribution is 6.34. The average molecular weight is 235 g/mol. The number of carbonyl (C=O) groups is 2. The Hall–Kier alpha value is -1.88. The topological polar surface area (TPSA) is 84.2 Å². The van der Waals surface area contributed by atoms with Gasteiger partial charge in [-0.2, -0.15) is 0 Å². The fourth-order valence-electron chi connectivity index (χ4n) is 1.35. The molecule has 0 spiro atoms. The van der Waals surface area contributed by atoms with Crippen molar-refractivity contribution in [2.24, 2.45) is 5.84 Å². The maximum Gasteiger partial charge on any atom is 0.323 e. The quantitative estimate of drug-likeness (QED) is 0.307. The Labute approximate surface area is 100 Å². The lowest BCUT2D eigenvalue weighted by Gasteiger charge is -2.07. The normalized spacial score (nSPS) is 10.1. The first kappa shape index (κ1) is 13.2. The largest absolute Gasteiger partial charge is 0.344 e. The van der Waals surface area contributed by atoms with Gasteiger partial charge in [0, 0.05) is 6.54 Å². The molecule has 0 saturated heterocycles. The molecule has 0 atom stereocenters. The summed E-state index contributed by atoms with van der Waals surface area (Å²) < 4.78 is 0. The molecule has 4 N–H and O–H groups in total. The molecule has 1 aromatic carbocycles. The molecule has 2 amide bonds. The van der Waals surface area contributed by atoms with Gasteiger partial charge in [0.15, 0.2) is 0 Å².